The highest BCUT2D eigenvalue weighted by Gasteiger charge is 2.29. The summed E-state index contributed by atoms with van der Waals surface area (Å²) < 4.78 is 5.11. The third kappa shape index (κ3) is 5.05. The van der Waals surface area contributed by atoms with Gasteiger partial charge in [-0.1, -0.05) is 26.7 Å². The topological polar surface area (TPSA) is 102 Å². The maximum atomic E-state index is 12.3. The minimum absolute atomic E-state index is 0.0760. The van der Waals surface area contributed by atoms with Crippen molar-refractivity contribution in [2.24, 2.45) is 11.8 Å². The molecule has 0 bridgehead atoms. The predicted molar refractivity (Wildman–Crippen MR) is 109 cm³/mol. The van der Waals surface area contributed by atoms with Gasteiger partial charge < -0.3 is 15.0 Å². The van der Waals surface area contributed by atoms with Crippen LogP contribution in [-0.4, -0.2) is 42.5 Å². The predicted octanol–water partition coefficient (Wildman–Crippen LogP) is 3.29. The molecule has 0 aromatic heterocycles. The molecule has 2 aliphatic rings. The monoisotopic (exact) mass is 403 g/mol. The Morgan fingerprint density at radius 2 is 1.93 bits per heavy atom. The van der Waals surface area contributed by atoms with Crippen LogP contribution >= 0.6 is 0 Å². The summed E-state index contributed by atoms with van der Waals surface area (Å²) in [5, 5.41) is 14.4. The van der Waals surface area contributed by atoms with Gasteiger partial charge in [-0.05, 0) is 43.2 Å². The fourth-order valence-corrected chi connectivity index (χ4v) is 4.27. The molecule has 1 heterocycles. The van der Waals surface area contributed by atoms with Crippen molar-refractivity contribution < 1.29 is 19.2 Å². The quantitative estimate of drug-likeness (QED) is 0.444. The Kier molecular flexibility index (Phi) is 6.71. The van der Waals surface area contributed by atoms with E-state index in [1.165, 1.54) is 12.1 Å². The molecule has 158 valence electrons. The highest BCUT2D eigenvalue weighted by Crippen LogP contribution is 2.32. The summed E-state index contributed by atoms with van der Waals surface area (Å²) in [4.78, 5) is 37.5. The number of hydrogen-bond acceptors (Lipinski definition) is 6. The van der Waals surface area contributed by atoms with Gasteiger partial charge in [-0.15, -0.1) is 0 Å². The summed E-state index contributed by atoms with van der Waals surface area (Å²) in [7, 11) is 0. The number of nitrogens with zero attached hydrogens (tertiary/aromatic N) is 2. The molecule has 1 aromatic rings. The lowest BCUT2D eigenvalue weighted by molar-refractivity contribution is -0.384. The smallest absolute Gasteiger partial charge is 0.338 e. The van der Waals surface area contributed by atoms with Crippen molar-refractivity contribution in [1.82, 2.24) is 5.32 Å². The first-order valence-electron chi connectivity index (χ1n) is 10.4. The number of carbonyl (C=O) groups excluding carboxylic acids is 2. The molecule has 1 saturated carbocycles. The summed E-state index contributed by atoms with van der Waals surface area (Å²) >= 11 is 0. The zero-order valence-corrected chi connectivity index (χ0v) is 17.1. The third-order valence-corrected chi connectivity index (χ3v) is 6.24. The Balaban J connectivity index is 1.59. The van der Waals surface area contributed by atoms with Gasteiger partial charge in [-0.2, -0.15) is 0 Å². The van der Waals surface area contributed by atoms with E-state index in [0.29, 0.717) is 17.5 Å². The van der Waals surface area contributed by atoms with E-state index in [2.05, 4.69) is 19.2 Å². The first-order chi connectivity index (χ1) is 13.9. The molecule has 2 fully saturated rings. The van der Waals surface area contributed by atoms with Crippen molar-refractivity contribution in [3.63, 3.8) is 0 Å². The molecule has 3 rings (SSSR count). The van der Waals surface area contributed by atoms with Gasteiger partial charge in [0, 0.05) is 25.2 Å². The molecular formula is C21H29N3O5. The molecule has 0 radical (unpaired) electrons. The van der Waals surface area contributed by atoms with E-state index in [9.17, 15) is 19.7 Å². The highest BCUT2D eigenvalue weighted by molar-refractivity contribution is 5.93. The number of amides is 1. The number of anilines is 1. The average Bonchev–Trinajstić information content (AvgIpc) is 3.24. The van der Waals surface area contributed by atoms with Gasteiger partial charge in [0.2, 0.25) is 0 Å². The van der Waals surface area contributed by atoms with Gasteiger partial charge in [-0.3, -0.25) is 14.9 Å². The Labute approximate surface area is 170 Å². The molecule has 8 heteroatoms. The normalized spacial score (nSPS) is 24.2. The minimum Gasteiger partial charge on any atom is -0.452 e. The van der Waals surface area contributed by atoms with Gasteiger partial charge >= 0.3 is 5.97 Å². The van der Waals surface area contributed by atoms with Gasteiger partial charge in [-0.25, -0.2) is 4.79 Å². The number of carbonyl (C=O) groups is 2. The standard InChI is InChI=1S/C21H29N3O5/c1-14-6-5-7-17(15(14)2)22-20(25)13-29-21(26)16-8-9-18(19(12-16)24(27)28)23-10-3-4-11-23/h8-9,12,14-15,17H,3-7,10-11,13H2,1-2H3,(H,22,25)/t14-,15-,17-/m1/s1. The molecule has 8 nitrogen and oxygen atoms in total. The van der Waals surface area contributed by atoms with Crippen LogP contribution in [0.5, 0.6) is 0 Å². The van der Waals surface area contributed by atoms with Crippen LogP contribution in [0.2, 0.25) is 0 Å². The largest absolute Gasteiger partial charge is 0.452 e. The van der Waals surface area contributed by atoms with Crippen molar-refractivity contribution in [2.75, 3.05) is 24.6 Å². The summed E-state index contributed by atoms with van der Waals surface area (Å²) in [5.41, 5.74) is 0.477. The molecule has 1 amide bonds. The number of rotatable bonds is 6. The van der Waals surface area contributed by atoms with Gasteiger partial charge in [0.25, 0.3) is 11.6 Å². The van der Waals surface area contributed by atoms with E-state index in [1.54, 1.807) is 6.07 Å². The van der Waals surface area contributed by atoms with E-state index in [1.807, 2.05) is 4.90 Å². The van der Waals surface area contributed by atoms with Crippen molar-refractivity contribution in [3.05, 3.63) is 33.9 Å². The SMILES string of the molecule is C[C@@H]1[C@H](C)CCC[C@H]1NC(=O)COC(=O)c1ccc(N2CCCC2)c([N+](=O)[O-])c1. The summed E-state index contributed by atoms with van der Waals surface area (Å²) in [6.45, 7) is 5.45. The number of nitro groups is 1. The molecule has 1 saturated heterocycles. The lowest BCUT2D eigenvalue weighted by Gasteiger charge is -2.34. The van der Waals surface area contributed by atoms with Crippen molar-refractivity contribution >= 4 is 23.3 Å². The van der Waals surface area contributed by atoms with Crippen LogP contribution in [0, 0.1) is 22.0 Å². The lowest BCUT2D eigenvalue weighted by Crippen LogP contribution is -2.45. The zero-order valence-electron chi connectivity index (χ0n) is 17.1. The van der Waals surface area contributed by atoms with Crippen LogP contribution < -0.4 is 10.2 Å². The summed E-state index contributed by atoms with van der Waals surface area (Å²) in [6.07, 6.45) is 5.15. The van der Waals surface area contributed by atoms with Crippen LogP contribution in [0.15, 0.2) is 18.2 Å². The van der Waals surface area contributed by atoms with Gasteiger partial charge in [0.15, 0.2) is 6.61 Å². The molecule has 1 N–H and O–H groups in total. The maximum absolute atomic E-state index is 12.3. The van der Waals surface area contributed by atoms with Crippen molar-refractivity contribution in [2.45, 2.75) is 52.0 Å². The Hall–Kier alpha value is -2.64. The lowest BCUT2D eigenvalue weighted by atomic mass is 9.78. The molecule has 3 atom stereocenters. The van der Waals surface area contributed by atoms with E-state index in [0.717, 1.165) is 45.2 Å². The average molecular weight is 403 g/mol. The van der Waals surface area contributed by atoms with Crippen LogP contribution in [0.1, 0.15) is 56.3 Å². The Morgan fingerprint density at radius 3 is 2.62 bits per heavy atom. The van der Waals surface area contributed by atoms with Gasteiger partial charge in [0.05, 0.1) is 10.5 Å². The van der Waals surface area contributed by atoms with Crippen LogP contribution in [0.25, 0.3) is 0 Å². The zero-order chi connectivity index (χ0) is 21.0. The summed E-state index contributed by atoms with van der Waals surface area (Å²) in [6, 6.07) is 4.43. The van der Waals surface area contributed by atoms with Crippen LogP contribution in [-0.2, 0) is 9.53 Å². The van der Waals surface area contributed by atoms with Crippen molar-refractivity contribution in [3.8, 4) is 0 Å². The Bertz CT molecular complexity index is 776. The molecule has 1 aromatic carbocycles. The van der Waals surface area contributed by atoms with Crippen LogP contribution in [0.3, 0.4) is 0 Å². The first-order valence-corrected chi connectivity index (χ1v) is 10.4. The second kappa shape index (κ2) is 9.24. The number of benzene rings is 1. The number of hydrogen-bond donors (Lipinski definition) is 1. The molecular weight excluding hydrogens is 374 g/mol. The number of nitro benzene ring substituents is 1. The van der Waals surface area contributed by atoms with E-state index >= 15 is 0 Å². The van der Waals surface area contributed by atoms with Crippen molar-refractivity contribution in [1.29, 1.82) is 0 Å². The van der Waals surface area contributed by atoms with E-state index in [-0.39, 0.29) is 23.2 Å². The molecule has 1 aliphatic heterocycles. The second-order valence-corrected chi connectivity index (χ2v) is 8.17. The van der Waals surface area contributed by atoms with E-state index in [4.69, 9.17) is 4.74 Å². The number of esters is 1. The fraction of sp³-hybridized carbons (Fsp3) is 0.619. The molecule has 1 aliphatic carbocycles. The number of nitrogens with one attached hydrogen (secondary N) is 1. The first kappa shape index (κ1) is 21.1. The van der Waals surface area contributed by atoms with E-state index < -0.39 is 17.5 Å². The molecule has 0 spiro atoms. The molecule has 0 unspecified atom stereocenters. The third-order valence-electron chi connectivity index (χ3n) is 6.24. The molecule has 29 heavy (non-hydrogen) atoms. The van der Waals surface area contributed by atoms with Gasteiger partial charge in [0.1, 0.15) is 5.69 Å². The Morgan fingerprint density at radius 1 is 1.21 bits per heavy atom. The minimum atomic E-state index is -0.735. The summed E-state index contributed by atoms with van der Waals surface area (Å²) in [5.74, 6) is -0.149. The number of ether oxygens (including phenoxy) is 1. The fourth-order valence-electron chi connectivity index (χ4n) is 4.27. The van der Waals surface area contributed by atoms with Crippen LogP contribution in [0.4, 0.5) is 11.4 Å². The maximum Gasteiger partial charge on any atom is 0.338 e. The highest BCUT2D eigenvalue weighted by atomic mass is 16.6. The second-order valence-electron chi connectivity index (χ2n) is 8.17.